The summed E-state index contributed by atoms with van der Waals surface area (Å²) in [5.41, 5.74) is 1.64. The molecule has 1 aliphatic heterocycles. The van der Waals surface area contributed by atoms with Gasteiger partial charge in [0, 0.05) is 22.8 Å². The van der Waals surface area contributed by atoms with Gasteiger partial charge in [0.05, 0.1) is 24.1 Å². The minimum Gasteiger partial charge on any atom is -0.394 e. The van der Waals surface area contributed by atoms with Crippen LogP contribution in [-0.2, 0) is 9.59 Å². The van der Waals surface area contributed by atoms with Crippen LogP contribution in [0.4, 0.5) is 5.82 Å². The molecule has 3 N–H and O–H groups in total. The molecule has 0 spiro atoms. The number of carbonyl (C=O) groups excluding carboxylic acids is 2. The summed E-state index contributed by atoms with van der Waals surface area (Å²) in [7, 11) is 0. The number of rotatable bonds is 5. The van der Waals surface area contributed by atoms with Gasteiger partial charge in [0.15, 0.2) is 5.82 Å². The number of H-pyrrole nitrogens is 1. The predicted octanol–water partition coefficient (Wildman–Crippen LogP) is 2.53. The van der Waals surface area contributed by atoms with E-state index in [-0.39, 0.29) is 31.4 Å². The van der Waals surface area contributed by atoms with Crippen LogP contribution < -0.4 is 10.2 Å². The van der Waals surface area contributed by atoms with E-state index in [2.05, 4.69) is 31.4 Å². The standard InChI is InChI=1S/C20H19BrN4O3/c21-14-6-7-15-16(9-14)23-24-19(15)25-10-13(8-18(25)27)20(28)22-17(11-26)12-4-2-1-3-5-12/h1-7,9,13,17,26H,8,10-11H2,(H,22,28)(H,23,24)/t13-,17-/m1/s1. The lowest BCUT2D eigenvalue weighted by Crippen LogP contribution is -2.37. The number of nitrogens with zero attached hydrogens (tertiary/aromatic N) is 2. The van der Waals surface area contributed by atoms with Crippen LogP contribution in [0.5, 0.6) is 0 Å². The van der Waals surface area contributed by atoms with Crippen LogP contribution in [0.1, 0.15) is 18.0 Å². The summed E-state index contributed by atoms with van der Waals surface area (Å²) in [6.07, 6.45) is 0.115. The first-order chi connectivity index (χ1) is 13.6. The van der Waals surface area contributed by atoms with Gasteiger partial charge < -0.3 is 10.4 Å². The van der Waals surface area contributed by atoms with Gasteiger partial charge >= 0.3 is 0 Å². The summed E-state index contributed by atoms with van der Waals surface area (Å²) in [6, 6.07) is 14.4. The van der Waals surface area contributed by atoms with Crippen molar-refractivity contribution in [2.45, 2.75) is 12.5 Å². The summed E-state index contributed by atoms with van der Waals surface area (Å²) < 4.78 is 0.913. The number of aromatic nitrogens is 2. The monoisotopic (exact) mass is 442 g/mol. The van der Waals surface area contributed by atoms with E-state index in [1.807, 2.05) is 48.5 Å². The average molecular weight is 443 g/mol. The average Bonchev–Trinajstić information content (AvgIpc) is 3.29. The Balaban J connectivity index is 1.50. The molecule has 0 saturated carbocycles. The topological polar surface area (TPSA) is 98.3 Å². The van der Waals surface area contributed by atoms with Crippen LogP contribution in [0.2, 0.25) is 0 Å². The summed E-state index contributed by atoms with van der Waals surface area (Å²) in [5.74, 6) is -0.352. The third kappa shape index (κ3) is 3.53. The number of hydrogen-bond donors (Lipinski definition) is 3. The molecule has 144 valence electrons. The highest BCUT2D eigenvalue weighted by Gasteiger charge is 2.37. The highest BCUT2D eigenvalue weighted by Crippen LogP contribution is 2.31. The number of aliphatic hydroxyl groups is 1. The third-order valence-corrected chi connectivity index (χ3v) is 5.45. The Hall–Kier alpha value is -2.71. The SMILES string of the molecule is O=C(N[C@H](CO)c1ccccc1)[C@@H]1CC(=O)N(c2n[nH]c3cc(Br)ccc23)C1. The fourth-order valence-electron chi connectivity index (χ4n) is 3.48. The highest BCUT2D eigenvalue weighted by atomic mass is 79.9. The molecular weight excluding hydrogens is 424 g/mol. The summed E-state index contributed by atoms with van der Waals surface area (Å²) >= 11 is 3.41. The number of hydrogen-bond acceptors (Lipinski definition) is 4. The molecule has 28 heavy (non-hydrogen) atoms. The van der Waals surface area contributed by atoms with E-state index in [9.17, 15) is 14.7 Å². The molecular formula is C20H19BrN4O3. The van der Waals surface area contributed by atoms with Crippen LogP contribution in [-0.4, -0.2) is 40.3 Å². The van der Waals surface area contributed by atoms with Crippen molar-refractivity contribution >= 4 is 44.5 Å². The third-order valence-electron chi connectivity index (χ3n) is 4.96. The first-order valence-electron chi connectivity index (χ1n) is 8.97. The number of aliphatic hydroxyl groups excluding tert-OH is 1. The minimum atomic E-state index is -0.499. The van der Waals surface area contributed by atoms with Gasteiger partial charge in [0.1, 0.15) is 0 Å². The Morgan fingerprint density at radius 2 is 2.11 bits per heavy atom. The molecule has 1 saturated heterocycles. The van der Waals surface area contributed by atoms with Crippen LogP contribution in [0.3, 0.4) is 0 Å². The second kappa shape index (κ2) is 7.73. The van der Waals surface area contributed by atoms with E-state index < -0.39 is 12.0 Å². The first-order valence-corrected chi connectivity index (χ1v) is 9.76. The molecule has 1 aromatic heterocycles. The van der Waals surface area contributed by atoms with Crippen molar-refractivity contribution in [3.05, 3.63) is 58.6 Å². The van der Waals surface area contributed by atoms with Crippen molar-refractivity contribution in [3.63, 3.8) is 0 Å². The first kappa shape index (κ1) is 18.6. The molecule has 1 aliphatic rings. The van der Waals surface area contributed by atoms with Gasteiger partial charge in [-0.05, 0) is 23.8 Å². The van der Waals surface area contributed by atoms with E-state index in [1.54, 1.807) is 4.90 Å². The molecule has 1 fully saturated rings. The quantitative estimate of drug-likeness (QED) is 0.565. The van der Waals surface area contributed by atoms with Gasteiger partial charge in [-0.3, -0.25) is 19.6 Å². The number of nitrogens with one attached hydrogen (secondary N) is 2. The molecule has 2 atom stereocenters. The molecule has 7 nitrogen and oxygen atoms in total. The van der Waals surface area contributed by atoms with Crippen LogP contribution in [0.25, 0.3) is 10.9 Å². The number of carbonyl (C=O) groups is 2. The van der Waals surface area contributed by atoms with Crippen molar-refractivity contribution < 1.29 is 14.7 Å². The number of anilines is 1. The Labute approximate surface area is 169 Å². The molecule has 0 unspecified atom stereocenters. The van der Waals surface area contributed by atoms with E-state index in [0.717, 1.165) is 20.9 Å². The molecule has 4 rings (SSSR count). The molecule has 8 heteroatoms. The molecule has 2 amide bonds. The zero-order valence-electron chi connectivity index (χ0n) is 14.9. The molecule has 0 radical (unpaired) electrons. The minimum absolute atomic E-state index is 0.115. The van der Waals surface area contributed by atoms with Gasteiger partial charge in [0.25, 0.3) is 0 Å². The lowest BCUT2D eigenvalue weighted by Gasteiger charge is -2.19. The summed E-state index contributed by atoms with van der Waals surface area (Å²) in [4.78, 5) is 26.8. The second-order valence-corrected chi connectivity index (χ2v) is 7.71. The molecule has 0 aliphatic carbocycles. The predicted molar refractivity (Wildman–Crippen MR) is 109 cm³/mol. The van der Waals surface area contributed by atoms with Crippen molar-refractivity contribution in [1.82, 2.24) is 15.5 Å². The fourth-order valence-corrected chi connectivity index (χ4v) is 3.84. The van der Waals surface area contributed by atoms with Crippen LogP contribution in [0.15, 0.2) is 53.0 Å². The Morgan fingerprint density at radius 1 is 1.32 bits per heavy atom. The molecule has 3 aromatic rings. The van der Waals surface area contributed by atoms with E-state index >= 15 is 0 Å². The number of halogens is 1. The van der Waals surface area contributed by atoms with Gasteiger partial charge in [-0.2, -0.15) is 5.10 Å². The van der Waals surface area contributed by atoms with Crippen molar-refractivity contribution in [2.75, 3.05) is 18.1 Å². The highest BCUT2D eigenvalue weighted by molar-refractivity contribution is 9.10. The summed E-state index contributed by atoms with van der Waals surface area (Å²) in [5, 5.41) is 20.5. The van der Waals surface area contributed by atoms with Gasteiger partial charge in [0.2, 0.25) is 11.8 Å². The van der Waals surface area contributed by atoms with Crippen molar-refractivity contribution in [1.29, 1.82) is 0 Å². The Bertz CT molecular complexity index is 1020. The maximum atomic E-state index is 12.7. The lowest BCUT2D eigenvalue weighted by molar-refractivity contribution is -0.127. The number of aromatic amines is 1. The van der Waals surface area contributed by atoms with Gasteiger partial charge in [-0.25, -0.2) is 0 Å². The Morgan fingerprint density at radius 3 is 2.86 bits per heavy atom. The van der Waals surface area contributed by atoms with E-state index in [1.165, 1.54) is 0 Å². The lowest BCUT2D eigenvalue weighted by atomic mass is 10.0. The van der Waals surface area contributed by atoms with Crippen molar-refractivity contribution in [2.24, 2.45) is 5.92 Å². The molecule has 2 heterocycles. The number of fused-ring (bicyclic) bond motifs is 1. The molecule has 2 aromatic carbocycles. The van der Waals surface area contributed by atoms with E-state index in [4.69, 9.17) is 0 Å². The van der Waals surface area contributed by atoms with Gasteiger partial charge in [-0.1, -0.05) is 46.3 Å². The van der Waals surface area contributed by atoms with Crippen LogP contribution in [0, 0.1) is 5.92 Å². The second-order valence-electron chi connectivity index (χ2n) is 6.80. The van der Waals surface area contributed by atoms with Crippen molar-refractivity contribution in [3.8, 4) is 0 Å². The number of benzene rings is 2. The number of amides is 2. The normalized spacial score (nSPS) is 17.9. The molecule has 0 bridgehead atoms. The maximum absolute atomic E-state index is 12.7. The smallest absolute Gasteiger partial charge is 0.229 e. The van der Waals surface area contributed by atoms with Gasteiger partial charge in [-0.15, -0.1) is 0 Å². The zero-order valence-corrected chi connectivity index (χ0v) is 16.5. The Kier molecular flexibility index (Phi) is 5.15. The summed E-state index contributed by atoms with van der Waals surface area (Å²) in [6.45, 7) is 0.0483. The van der Waals surface area contributed by atoms with E-state index in [0.29, 0.717) is 5.82 Å². The zero-order chi connectivity index (χ0) is 19.7. The fraction of sp³-hybridized carbons (Fsp3) is 0.250. The maximum Gasteiger partial charge on any atom is 0.229 e. The van der Waals surface area contributed by atoms with Crippen LogP contribution >= 0.6 is 15.9 Å². The largest absolute Gasteiger partial charge is 0.394 e.